The number of rotatable bonds is 5. The predicted octanol–water partition coefficient (Wildman–Crippen LogP) is 2.36. The van der Waals surface area contributed by atoms with E-state index < -0.39 is 12.1 Å². The highest BCUT2D eigenvalue weighted by Gasteiger charge is 2.05. The van der Waals surface area contributed by atoms with E-state index in [9.17, 15) is 9.90 Å². The van der Waals surface area contributed by atoms with Crippen LogP contribution in [0, 0.1) is 0 Å². The van der Waals surface area contributed by atoms with Crippen LogP contribution in [0.15, 0.2) is 64.4 Å². The summed E-state index contributed by atoms with van der Waals surface area (Å²) < 4.78 is 5.28. The number of hydrogen-bond acceptors (Lipinski definition) is 4. The molecule has 1 atom stereocenters. The molecular formula is C15H13O3S-. The van der Waals surface area contributed by atoms with E-state index in [1.165, 1.54) is 6.92 Å². The maximum atomic E-state index is 10.6. The van der Waals surface area contributed by atoms with Gasteiger partial charge < -0.3 is 14.6 Å². The van der Waals surface area contributed by atoms with Crippen molar-refractivity contribution in [3.63, 3.8) is 0 Å². The first kappa shape index (κ1) is 13.5. The van der Waals surface area contributed by atoms with Crippen molar-refractivity contribution >= 4 is 17.7 Å². The largest absolute Gasteiger partial charge is 0.546 e. The lowest BCUT2D eigenvalue weighted by Gasteiger charge is -2.15. The molecule has 0 heterocycles. The van der Waals surface area contributed by atoms with Crippen molar-refractivity contribution in [3.8, 4) is 5.75 Å². The number of carboxylic acid groups (broad SMARTS) is 1. The highest BCUT2D eigenvalue weighted by Crippen LogP contribution is 2.29. The number of ether oxygens (including phenoxy) is 1. The zero-order chi connectivity index (χ0) is 13.7. The molecule has 2 rings (SSSR count). The first-order chi connectivity index (χ1) is 9.15. The van der Waals surface area contributed by atoms with E-state index in [1.807, 2.05) is 48.5 Å². The normalized spacial score (nSPS) is 11.8. The summed E-state index contributed by atoms with van der Waals surface area (Å²) in [5.41, 5.74) is 0. The van der Waals surface area contributed by atoms with E-state index >= 15 is 0 Å². The fraction of sp³-hybridized carbons (Fsp3) is 0.133. The van der Waals surface area contributed by atoms with Crippen molar-refractivity contribution in [1.82, 2.24) is 0 Å². The van der Waals surface area contributed by atoms with Gasteiger partial charge in [0.15, 0.2) is 0 Å². The highest BCUT2D eigenvalue weighted by molar-refractivity contribution is 7.99. The third-order valence-corrected chi connectivity index (χ3v) is 3.43. The number of aliphatic carboxylic acids is 1. The Morgan fingerprint density at radius 2 is 1.79 bits per heavy atom. The van der Waals surface area contributed by atoms with Gasteiger partial charge in [0.1, 0.15) is 11.9 Å². The molecule has 2 aromatic carbocycles. The lowest BCUT2D eigenvalue weighted by molar-refractivity contribution is -0.312. The van der Waals surface area contributed by atoms with E-state index in [4.69, 9.17) is 4.74 Å². The van der Waals surface area contributed by atoms with Crippen LogP contribution in [0.25, 0.3) is 0 Å². The van der Waals surface area contributed by atoms with Crippen molar-refractivity contribution in [3.05, 3.63) is 54.6 Å². The number of hydrogen-bond donors (Lipinski definition) is 0. The van der Waals surface area contributed by atoms with Gasteiger partial charge in [-0.1, -0.05) is 36.0 Å². The summed E-state index contributed by atoms with van der Waals surface area (Å²) in [6.07, 6.45) is -0.961. The van der Waals surface area contributed by atoms with Crippen LogP contribution in [0.3, 0.4) is 0 Å². The maximum Gasteiger partial charge on any atom is 0.135 e. The maximum absolute atomic E-state index is 10.6. The molecule has 3 nitrogen and oxygen atoms in total. The Labute approximate surface area is 116 Å². The average Bonchev–Trinajstić information content (AvgIpc) is 2.40. The Hall–Kier alpha value is -1.94. The first-order valence-corrected chi connectivity index (χ1v) is 6.67. The van der Waals surface area contributed by atoms with Crippen LogP contribution in [0.5, 0.6) is 5.75 Å². The summed E-state index contributed by atoms with van der Waals surface area (Å²) >= 11 is 1.59. The molecule has 2 aromatic rings. The quantitative estimate of drug-likeness (QED) is 0.839. The highest BCUT2D eigenvalue weighted by atomic mass is 32.2. The zero-order valence-corrected chi connectivity index (χ0v) is 11.2. The van der Waals surface area contributed by atoms with Crippen LogP contribution < -0.4 is 9.84 Å². The van der Waals surface area contributed by atoms with Crippen LogP contribution in [-0.4, -0.2) is 12.1 Å². The topological polar surface area (TPSA) is 49.4 Å². The van der Waals surface area contributed by atoms with Gasteiger partial charge in [0.2, 0.25) is 0 Å². The average molecular weight is 273 g/mol. The van der Waals surface area contributed by atoms with Gasteiger partial charge in [0.05, 0.1) is 5.97 Å². The minimum absolute atomic E-state index is 0.526. The number of carbonyl (C=O) groups excluding carboxylic acids is 1. The molecule has 0 aliphatic rings. The lowest BCUT2D eigenvalue weighted by Crippen LogP contribution is -2.37. The Kier molecular flexibility index (Phi) is 4.47. The summed E-state index contributed by atoms with van der Waals surface area (Å²) in [6.45, 7) is 1.45. The van der Waals surface area contributed by atoms with E-state index in [0.717, 1.165) is 9.79 Å². The fourth-order valence-corrected chi connectivity index (χ4v) is 2.37. The molecule has 0 aliphatic heterocycles. The second kappa shape index (κ2) is 6.29. The van der Waals surface area contributed by atoms with Crippen LogP contribution in [0.1, 0.15) is 6.92 Å². The van der Waals surface area contributed by atoms with Gasteiger partial charge in [-0.2, -0.15) is 0 Å². The van der Waals surface area contributed by atoms with Gasteiger partial charge in [-0.3, -0.25) is 0 Å². The van der Waals surface area contributed by atoms with Gasteiger partial charge >= 0.3 is 0 Å². The molecule has 0 fully saturated rings. The van der Waals surface area contributed by atoms with Crippen molar-refractivity contribution in [1.29, 1.82) is 0 Å². The van der Waals surface area contributed by atoms with Gasteiger partial charge in [0.25, 0.3) is 0 Å². The van der Waals surface area contributed by atoms with Crippen LogP contribution >= 0.6 is 11.8 Å². The number of benzene rings is 2. The minimum Gasteiger partial charge on any atom is -0.546 e. The summed E-state index contributed by atoms with van der Waals surface area (Å²) in [5.74, 6) is -0.696. The van der Waals surface area contributed by atoms with Crippen molar-refractivity contribution in [2.75, 3.05) is 0 Å². The third kappa shape index (κ3) is 4.03. The smallest absolute Gasteiger partial charge is 0.135 e. The molecule has 98 valence electrons. The Bertz CT molecular complexity index is 554. The van der Waals surface area contributed by atoms with Crippen LogP contribution in [-0.2, 0) is 4.79 Å². The van der Waals surface area contributed by atoms with Gasteiger partial charge in [0, 0.05) is 9.79 Å². The molecule has 0 aromatic heterocycles. The monoisotopic (exact) mass is 273 g/mol. The molecular weight excluding hydrogens is 260 g/mol. The molecule has 0 saturated carbocycles. The molecule has 0 radical (unpaired) electrons. The van der Waals surface area contributed by atoms with E-state index in [0.29, 0.717) is 5.75 Å². The number of carboxylic acids is 1. The van der Waals surface area contributed by atoms with Crippen LogP contribution in [0.2, 0.25) is 0 Å². The standard InChI is InChI=1S/C15H14O3S/c1-11(15(16)17)18-12-6-5-9-14(10-12)19-13-7-3-2-4-8-13/h2-11H,1H3,(H,16,17)/p-1. The third-order valence-electron chi connectivity index (χ3n) is 2.43. The molecule has 0 N–H and O–H groups in total. The second-order valence-electron chi connectivity index (χ2n) is 3.97. The SMILES string of the molecule is CC(Oc1cccc(Sc2ccccc2)c1)C(=O)[O-]. The number of carbonyl (C=O) groups is 1. The van der Waals surface area contributed by atoms with Crippen LogP contribution in [0.4, 0.5) is 0 Å². The zero-order valence-electron chi connectivity index (χ0n) is 10.4. The minimum atomic E-state index is -1.22. The van der Waals surface area contributed by atoms with Gasteiger partial charge in [-0.05, 0) is 37.3 Å². The molecule has 0 amide bonds. The fourth-order valence-electron chi connectivity index (χ4n) is 1.49. The Morgan fingerprint density at radius 1 is 1.11 bits per heavy atom. The molecule has 19 heavy (non-hydrogen) atoms. The Balaban J connectivity index is 2.09. The summed E-state index contributed by atoms with van der Waals surface area (Å²) in [7, 11) is 0. The molecule has 0 spiro atoms. The van der Waals surface area contributed by atoms with Gasteiger partial charge in [-0.25, -0.2) is 0 Å². The first-order valence-electron chi connectivity index (χ1n) is 5.85. The summed E-state index contributed by atoms with van der Waals surface area (Å²) in [5, 5.41) is 10.6. The van der Waals surface area contributed by atoms with Crippen molar-refractivity contribution in [2.45, 2.75) is 22.8 Å². The van der Waals surface area contributed by atoms with E-state index in [2.05, 4.69) is 0 Å². The predicted molar refractivity (Wildman–Crippen MR) is 72.1 cm³/mol. The molecule has 0 saturated heterocycles. The van der Waals surface area contributed by atoms with Crippen molar-refractivity contribution in [2.24, 2.45) is 0 Å². The molecule has 0 aliphatic carbocycles. The van der Waals surface area contributed by atoms with Crippen molar-refractivity contribution < 1.29 is 14.6 Å². The molecule has 0 bridgehead atoms. The summed E-state index contributed by atoms with van der Waals surface area (Å²) in [6, 6.07) is 17.3. The van der Waals surface area contributed by atoms with E-state index in [-0.39, 0.29) is 0 Å². The second-order valence-corrected chi connectivity index (χ2v) is 5.12. The Morgan fingerprint density at radius 3 is 2.47 bits per heavy atom. The lowest BCUT2D eigenvalue weighted by atomic mass is 10.3. The molecule has 1 unspecified atom stereocenters. The van der Waals surface area contributed by atoms with E-state index in [1.54, 1.807) is 17.8 Å². The van der Waals surface area contributed by atoms with Gasteiger partial charge in [-0.15, -0.1) is 0 Å². The molecule has 4 heteroatoms. The summed E-state index contributed by atoms with van der Waals surface area (Å²) in [4.78, 5) is 12.8.